The van der Waals surface area contributed by atoms with E-state index < -0.39 is 22.0 Å². The summed E-state index contributed by atoms with van der Waals surface area (Å²) in [4.78, 5) is 22.9. The molecule has 132 valence electrons. The van der Waals surface area contributed by atoms with Crippen LogP contribution >= 0.6 is 0 Å². The van der Waals surface area contributed by atoms with Crippen LogP contribution in [-0.2, 0) is 14.8 Å². The minimum atomic E-state index is -3.86. The number of urea groups is 1. The molecule has 0 spiro atoms. The van der Waals surface area contributed by atoms with Gasteiger partial charge in [0.25, 0.3) is 0 Å². The van der Waals surface area contributed by atoms with Crippen molar-refractivity contribution in [3.63, 3.8) is 0 Å². The van der Waals surface area contributed by atoms with Crippen molar-refractivity contribution < 1.29 is 23.1 Å². The van der Waals surface area contributed by atoms with E-state index in [0.717, 1.165) is 0 Å². The number of hydrogen-bond donors (Lipinski definition) is 4. The van der Waals surface area contributed by atoms with Gasteiger partial charge in [-0.05, 0) is 50.3 Å². The van der Waals surface area contributed by atoms with Gasteiger partial charge in [-0.15, -0.1) is 0 Å². The van der Waals surface area contributed by atoms with E-state index in [9.17, 15) is 18.0 Å². The Bertz CT molecular complexity index is 739. The quantitative estimate of drug-likeness (QED) is 0.647. The van der Waals surface area contributed by atoms with Gasteiger partial charge in [0.2, 0.25) is 10.0 Å². The van der Waals surface area contributed by atoms with Gasteiger partial charge in [0, 0.05) is 11.7 Å². The molecule has 1 aliphatic rings. The highest BCUT2D eigenvalue weighted by Crippen LogP contribution is 2.24. The van der Waals surface area contributed by atoms with Gasteiger partial charge in [0.1, 0.15) is 0 Å². The number of benzene rings is 1. The molecule has 1 aromatic rings. The number of hydrogen-bond acceptors (Lipinski definition) is 4. The van der Waals surface area contributed by atoms with E-state index in [1.165, 1.54) is 6.07 Å². The lowest BCUT2D eigenvalue weighted by atomic mass is 9.86. The standard InChI is InChI=1S/C15H21N3O5S/c1-9-2-5-12(8-13(9)24(16,22)23)18-15(21)17-11-6-3-10(4-7-11)14(19)20/h2,5,8,10-11H,3-4,6-7H2,1H3,(H,19,20)(H2,16,22,23)(H2,17,18,21). The Hall–Kier alpha value is -2.13. The zero-order valence-electron chi connectivity index (χ0n) is 13.3. The third-order valence-corrected chi connectivity index (χ3v) is 5.22. The number of primary sulfonamides is 1. The zero-order chi connectivity index (χ0) is 17.9. The smallest absolute Gasteiger partial charge is 0.319 e. The van der Waals surface area contributed by atoms with Gasteiger partial charge in [0.05, 0.1) is 10.8 Å². The molecule has 1 aliphatic carbocycles. The maximum atomic E-state index is 12.0. The number of anilines is 1. The first-order valence-corrected chi connectivity index (χ1v) is 9.15. The summed E-state index contributed by atoms with van der Waals surface area (Å²) in [6, 6.07) is 3.91. The molecule has 9 heteroatoms. The van der Waals surface area contributed by atoms with Crippen LogP contribution in [0.3, 0.4) is 0 Å². The number of rotatable bonds is 4. The summed E-state index contributed by atoms with van der Waals surface area (Å²) in [5.74, 6) is -1.14. The molecule has 0 atom stereocenters. The first kappa shape index (κ1) is 18.2. The summed E-state index contributed by atoms with van der Waals surface area (Å²) < 4.78 is 23.0. The molecule has 0 unspecified atom stereocenters. The SMILES string of the molecule is Cc1ccc(NC(=O)NC2CCC(C(=O)O)CC2)cc1S(N)(=O)=O. The minimum Gasteiger partial charge on any atom is -0.481 e. The fourth-order valence-electron chi connectivity index (χ4n) is 2.82. The van der Waals surface area contributed by atoms with Crippen LogP contribution in [-0.4, -0.2) is 31.6 Å². The van der Waals surface area contributed by atoms with Crippen molar-refractivity contribution in [2.45, 2.75) is 43.5 Å². The van der Waals surface area contributed by atoms with Crippen LogP contribution < -0.4 is 15.8 Å². The van der Waals surface area contributed by atoms with Gasteiger partial charge >= 0.3 is 12.0 Å². The maximum Gasteiger partial charge on any atom is 0.319 e. The molecule has 1 saturated carbocycles. The highest BCUT2D eigenvalue weighted by molar-refractivity contribution is 7.89. The van der Waals surface area contributed by atoms with Crippen LogP contribution in [0.25, 0.3) is 0 Å². The van der Waals surface area contributed by atoms with E-state index in [2.05, 4.69) is 10.6 Å². The Morgan fingerprint density at radius 3 is 2.38 bits per heavy atom. The molecule has 1 fully saturated rings. The van der Waals surface area contributed by atoms with E-state index in [4.69, 9.17) is 10.2 Å². The molecule has 8 nitrogen and oxygen atoms in total. The molecule has 24 heavy (non-hydrogen) atoms. The molecule has 0 radical (unpaired) electrons. The van der Waals surface area contributed by atoms with Crippen LogP contribution in [0.4, 0.5) is 10.5 Å². The van der Waals surface area contributed by atoms with Crippen molar-refractivity contribution in [2.24, 2.45) is 11.1 Å². The number of sulfonamides is 1. The van der Waals surface area contributed by atoms with Gasteiger partial charge in [-0.3, -0.25) is 4.79 Å². The number of carbonyl (C=O) groups excluding carboxylic acids is 1. The lowest BCUT2D eigenvalue weighted by Gasteiger charge is -2.26. The molecule has 0 aliphatic heterocycles. The number of carboxylic acids is 1. The Labute approximate surface area is 140 Å². The van der Waals surface area contributed by atoms with E-state index in [1.807, 2.05) is 0 Å². The van der Waals surface area contributed by atoms with Gasteiger partial charge in [0.15, 0.2) is 0 Å². The topological polar surface area (TPSA) is 139 Å². The first-order valence-electron chi connectivity index (χ1n) is 7.60. The highest BCUT2D eigenvalue weighted by Gasteiger charge is 2.26. The number of carbonyl (C=O) groups is 2. The summed E-state index contributed by atoms with van der Waals surface area (Å²) >= 11 is 0. The lowest BCUT2D eigenvalue weighted by Crippen LogP contribution is -2.41. The number of aliphatic carboxylic acids is 1. The van der Waals surface area contributed by atoms with Crippen molar-refractivity contribution in [1.82, 2.24) is 5.32 Å². The lowest BCUT2D eigenvalue weighted by molar-refractivity contribution is -0.142. The Morgan fingerprint density at radius 1 is 1.21 bits per heavy atom. The highest BCUT2D eigenvalue weighted by atomic mass is 32.2. The second-order valence-corrected chi connectivity index (χ2v) is 7.54. The summed E-state index contributed by atoms with van der Waals surface area (Å²) in [5.41, 5.74) is 0.816. The van der Waals surface area contributed by atoms with Crippen molar-refractivity contribution in [1.29, 1.82) is 0 Å². The molecule has 0 saturated heterocycles. The van der Waals surface area contributed by atoms with Crippen LogP contribution in [0, 0.1) is 12.8 Å². The second kappa shape index (κ2) is 7.18. The fraction of sp³-hybridized carbons (Fsp3) is 0.467. The molecule has 2 rings (SSSR count). The van der Waals surface area contributed by atoms with Crippen LogP contribution in [0.5, 0.6) is 0 Å². The summed E-state index contributed by atoms with van der Waals surface area (Å²) in [6.07, 6.45) is 2.25. The van der Waals surface area contributed by atoms with Crippen molar-refractivity contribution in [3.8, 4) is 0 Å². The predicted octanol–water partition coefficient (Wildman–Crippen LogP) is 1.41. The molecule has 1 aromatic carbocycles. The van der Waals surface area contributed by atoms with E-state index in [-0.39, 0.29) is 16.9 Å². The number of aryl methyl sites for hydroxylation is 1. The Balaban J connectivity index is 1.95. The molecular formula is C15H21N3O5S. The van der Waals surface area contributed by atoms with Crippen LogP contribution in [0.15, 0.2) is 23.1 Å². The molecule has 0 heterocycles. The van der Waals surface area contributed by atoms with Gasteiger partial charge < -0.3 is 15.7 Å². The average molecular weight is 355 g/mol. The largest absolute Gasteiger partial charge is 0.481 e. The number of carboxylic acid groups (broad SMARTS) is 1. The van der Waals surface area contributed by atoms with E-state index in [1.54, 1.807) is 19.1 Å². The molecule has 2 amide bonds. The van der Waals surface area contributed by atoms with Crippen molar-refractivity contribution in [2.75, 3.05) is 5.32 Å². The Kier molecular flexibility index (Phi) is 5.45. The summed E-state index contributed by atoms with van der Waals surface area (Å²) in [6.45, 7) is 1.62. The molecular weight excluding hydrogens is 334 g/mol. The monoisotopic (exact) mass is 355 g/mol. The maximum absolute atomic E-state index is 12.0. The fourth-order valence-corrected chi connectivity index (χ4v) is 3.63. The van der Waals surface area contributed by atoms with Crippen molar-refractivity contribution >= 4 is 27.7 Å². The van der Waals surface area contributed by atoms with Gasteiger partial charge in [-0.1, -0.05) is 6.07 Å². The minimum absolute atomic E-state index is 0.0396. The van der Waals surface area contributed by atoms with E-state index >= 15 is 0 Å². The van der Waals surface area contributed by atoms with Gasteiger partial charge in [-0.25, -0.2) is 18.4 Å². The molecule has 5 N–H and O–H groups in total. The second-order valence-electron chi connectivity index (χ2n) is 6.01. The number of amides is 2. The zero-order valence-corrected chi connectivity index (χ0v) is 14.1. The number of nitrogens with two attached hydrogens (primary N) is 1. The number of nitrogens with one attached hydrogen (secondary N) is 2. The molecule has 0 bridgehead atoms. The normalized spacial score (nSPS) is 21.1. The summed E-state index contributed by atoms with van der Waals surface area (Å²) in [5, 5.41) is 19.4. The predicted molar refractivity (Wildman–Crippen MR) is 88.1 cm³/mol. The average Bonchev–Trinajstić information content (AvgIpc) is 2.48. The summed E-state index contributed by atoms with van der Waals surface area (Å²) in [7, 11) is -3.86. The third kappa shape index (κ3) is 4.68. The van der Waals surface area contributed by atoms with Crippen LogP contribution in [0.2, 0.25) is 0 Å². The van der Waals surface area contributed by atoms with Crippen LogP contribution in [0.1, 0.15) is 31.2 Å². The Morgan fingerprint density at radius 2 is 1.83 bits per heavy atom. The van der Waals surface area contributed by atoms with Crippen molar-refractivity contribution in [3.05, 3.63) is 23.8 Å². The third-order valence-electron chi connectivity index (χ3n) is 4.16. The van der Waals surface area contributed by atoms with E-state index in [0.29, 0.717) is 36.9 Å². The molecule has 0 aromatic heterocycles. The first-order chi connectivity index (χ1) is 11.2. The van der Waals surface area contributed by atoms with Gasteiger partial charge in [-0.2, -0.15) is 0 Å².